The van der Waals surface area contributed by atoms with Crippen molar-refractivity contribution >= 4 is 21.7 Å². The van der Waals surface area contributed by atoms with Crippen molar-refractivity contribution in [1.29, 1.82) is 0 Å². The van der Waals surface area contributed by atoms with E-state index in [0.717, 1.165) is 5.32 Å². The van der Waals surface area contributed by atoms with Gasteiger partial charge in [-0.25, -0.2) is 13.2 Å². The Labute approximate surface area is 109 Å². The number of halogens is 5. The zero-order chi connectivity index (χ0) is 16.4. The Hall–Kier alpha value is -1.46. The van der Waals surface area contributed by atoms with Gasteiger partial charge in [-0.15, -0.1) is 0 Å². The van der Waals surface area contributed by atoms with Gasteiger partial charge < -0.3 is 10.4 Å². The van der Waals surface area contributed by atoms with Gasteiger partial charge in [0.1, 0.15) is 15.9 Å². The van der Waals surface area contributed by atoms with Gasteiger partial charge in [0.05, 0.1) is 5.75 Å². The molecule has 0 aliphatic carbocycles. The molecule has 1 amide bonds. The summed E-state index contributed by atoms with van der Waals surface area (Å²) in [4.78, 5) is 21.3. The molecule has 0 bridgehead atoms. The quantitative estimate of drug-likeness (QED) is 0.678. The number of hydrogen-bond acceptors (Lipinski definition) is 4. The van der Waals surface area contributed by atoms with Crippen LogP contribution in [0.5, 0.6) is 0 Å². The first-order valence-corrected chi connectivity index (χ1v) is 6.90. The van der Waals surface area contributed by atoms with Crippen LogP contribution in [0.15, 0.2) is 0 Å². The molecule has 6 nitrogen and oxygen atoms in total. The Balaban J connectivity index is 4.94. The van der Waals surface area contributed by atoms with Gasteiger partial charge in [0.25, 0.3) is 0 Å². The van der Waals surface area contributed by atoms with Crippen molar-refractivity contribution in [1.82, 2.24) is 5.32 Å². The summed E-state index contributed by atoms with van der Waals surface area (Å²) in [5, 5.41) is 9.51. The molecule has 0 aliphatic rings. The molecular weight excluding hydrogens is 317 g/mol. The van der Waals surface area contributed by atoms with Gasteiger partial charge in [-0.2, -0.15) is 22.0 Å². The van der Waals surface area contributed by atoms with E-state index in [1.807, 2.05) is 0 Å². The Bertz CT molecular complexity index is 486. The molecule has 0 aromatic rings. The van der Waals surface area contributed by atoms with Gasteiger partial charge in [0, 0.05) is 6.26 Å². The van der Waals surface area contributed by atoms with Crippen LogP contribution in [0.25, 0.3) is 0 Å². The van der Waals surface area contributed by atoms with Crippen LogP contribution in [0.2, 0.25) is 0 Å². The highest BCUT2D eigenvalue weighted by Crippen LogP contribution is 2.35. The smallest absolute Gasteiger partial charge is 0.463 e. The standard InChI is InChI=1S/C8H10F5NO5S/c1-20(18,19)3-2-4(5(15)16)14-6(17)7(9,10)8(11,12)13/h4H,2-3H2,1H3,(H,14,17)(H,15,16). The normalized spacial score (nSPS) is 14.7. The number of rotatable bonds is 6. The average molecular weight is 327 g/mol. The highest BCUT2D eigenvalue weighted by atomic mass is 32.2. The van der Waals surface area contributed by atoms with Crippen LogP contribution in [0.4, 0.5) is 22.0 Å². The molecule has 0 saturated heterocycles. The molecule has 0 aromatic heterocycles. The Morgan fingerprint density at radius 2 is 1.65 bits per heavy atom. The number of nitrogens with one attached hydrogen (secondary N) is 1. The predicted molar refractivity (Wildman–Crippen MR) is 54.9 cm³/mol. The highest BCUT2D eigenvalue weighted by Gasteiger charge is 2.63. The number of aliphatic carboxylic acids is 1. The Morgan fingerprint density at radius 3 is 1.95 bits per heavy atom. The number of sulfone groups is 1. The van der Waals surface area contributed by atoms with Crippen molar-refractivity contribution in [3.63, 3.8) is 0 Å². The first-order valence-electron chi connectivity index (χ1n) is 4.84. The van der Waals surface area contributed by atoms with E-state index in [1.165, 1.54) is 0 Å². The number of carboxylic acid groups (broad SMARTS) is 1. The van der Waals surface area contributed by atoms with Crippen molar-refractivity contribution in [2.24, 2.45) is 0 Å². The van der Waals surface area contributed by atoms with Crippen LogP contribution in [0, 0.1) is 0 Å². The molecule has 0 aliphatic heterocycles. The van der Waals surface area contributed by atoms with Crippen molar-refractivity contribution in [3.05, 3.63) is 0 Å². The lowest BCUT2D eigenvalue weighted by atomic mass is 10.2. The zero-order valence-electron chi connectivity index (χ0n) is 9.87. The largest absolute Gasteiger partial charge is 0.480 e. The zero-order valence-corrected chi connectivity index (χ0v) is 10.7. The maximum atomic E-state index is 12.6. The van der Waals surface area contributed by atoms with E-state index in [2.05, 4.69) is 0 Å². The number of carbonyl (C=O) groups is 2. The van der Waals surface area contributed by atoms with E-state index in [4.69, 9.17) is 5.11 Å². The molecular formula is C8H10F5NO5S. The second-order valence-corrected chi connectivity index (χ2v) is 6.11. The third-order valence-corrected chi connectivity index (χ3v) is 3.00. The number of alkyl halides is 5. The summed E-state index contributed by atoms with van der Waals surface area (Å²) in [6, 6.07) is -2.18. The van der Waals surface area contributed by atoms with Crippen molar-refractivity contribution in [2.45, 2.75) is 24.6 Å². The molecule has 12 heteroatoms. The molecule has 1 atom stereocenters. The monoisotopic (exact) mass is 327 g/mol. The molecule has 0 saturated carbocycles. The third-order valence-electron chi connectivity index (χ3n) is 2.02. The molecule has 0 rings (SSSR count). The first kappa shape index (κ1) is 18.5. The predicted octanol–water partition coefficient (Wildman–Crippen LogP) is 0.188. The molecule has 20 heavy (non-hydrogen) atoms. The summed E-state index contributed by atoms with van der Waals surface area (Å²) in [6.45, 7) is 0. The highest BCUT2D eigenvalue weighted by molar-refractivity contribution is 7.90. The summed E-state index contributed by atoms with van der Waals surface area (Å²) >= 11 is 0. The molecule has 1 unspecified atom stereocenters. The maximum Gasteiger partial charge on any atom is 0.463 e. The summed E-state index contributed by atoms with van der Waals surface area (Å²) in [6.07, 6.45) is -6.32. The molecule has 2 N–H and O–H groups in total. The van der Waals surface area contributed by atoms with E-state index in [9.17, 15) is 40.0 Å². The van der Waals surface area contributed by atoms with E-state index >= 15 is 0 Å². The van der Waals surface area contributed by atoms with Crippen molar-refractivity contribution in [3.8, 4) is 0 Å². The minimum Gasteiger partial charge on any atom is -0.480 e. The van der Waals surface area contributed by atoms with Crippen LogP contribution in [-0.2, 0) is 19.4 Å². The third kappa shape index (κ3) is 5.27. The number of hydrogen-bond donors (Lipinski definition) is 2. The topological polar surface area (TPSA) is 101 Å². The minimum atomic E-state index is -6.18. The van der Waals surface area contributed by atoms with Gasteiger partial charge in [0.2, 0.25) is 0 Å². The molecule has 118 valence electrons. The summed E-state index contributed by atoms with van der Waals surface area (Å²) in [7, 11) is -3.68. The summed E-state index contributed by atoms with van der Waals surface area (Å²) < 4.78 is 82.2. The van der Waals surface area contributed by atoms with E-state index in [0.29, 0.717) is 6.26 Å². The van der Waals surface area contributed by atoms with Crippen LogP contribution in [0.1, 0.15) is 6.42 Å². The Morgan fingerprint density at radius 1 is 1.20 bits per heavy atom. The van der Waals surface area contributed by atoms with Gasteiger partial charge in [-0.1, -0.05) is 0 Å². The lowest BCUT2D eigenvalue weighted by Gasteiger charge is -2.21. The van der Waals surface area contributed by atoms with Gasteiger partial charge >= 0.3 is 24.0 Å². The van der Waals surface area contributed by atoms with E-state index in [1.54, 1.807) is 0 Å². The van der Waals surface area contributed by atoms with Crippen LogP contribution < -0.4 is 5.32 Å². The maximum absolute atomic E-state index is 12.6. The van der Waals surface area contributed by atoms with Crippen LogP contribution in [0.3, 0.4) is 0 Å². The van der Waals surface area contributed by atoms with Crippen LogP contribution >= 0.6 is 0 Å². The van der Waals surface area contributed by atoms with Crippen molar-refractivity contribution in [2.75, 3.05) is 12.0 Å². The first-order chi connectivity index (χ1) is 8.68. The fraction of sp³-hybridized carbons (Fsp3) is 0.750. The lowest BCUT2D eigenvalue weighted by Crippen LogP contribution is -2.54. The second-order valence-electron chi connectivity index (χ2n) is 3.85. The second kappa shape index (κ2) is 5.89. The number of carboxylic acids is 1. The molecule has 0 fully saturated rings. The van der Waals surface area contributed by atoms with E-state index in [-0.39, 0.29) is 0 Å². The molecule has 0 heterocycles. The summed E-state index contributed by atoms with van der Waals surface area (Å²) in [5.74, 6) is -11.4. The average Bonchev–Trinajstić information content (AvgIpc) is 2.20. The van der Waals surface area contributed by atoms with Gasteiger partial charge in [-0.3, -0.25) is 4.79 Å². The fourth-order valence-corrected chi connectivity index (χ4v) is 1.63. The fourth-order valence-electron chi connectivity index (χ4n) is 0.967. The molecule has 0 aromatic carbocycles. The SMILES string of the molecule is CS(=O)(=O)CCC(NC(=O)C(F)(F)C(F)(F)F)C(=O)O. The molecule has 0 radical (unpaired) electrons. The summed E-state index contributed by atoms with van der Waals surface area (Å²) in [5.41, 5.74) is 0. The van der Waals surface area contributed by atoms with Gasteiger partial charge in [0.15, 0.2) is 0 Å². The number of amides is 1. The van der Waals surface area contributed by atoms with E-state index < -0.39 is 52.0 Å². The molecule has 0 spiro atoms. The number of carbonyl (C=O) groups excluding carboxylic acids is 1. The minimum absolute atomic E-state index is 0.706. The van der Waals surface area contributed by atoms with Gasteiger partial charge in [-0.05, 0) is 6.42 Å². The van der Waals surface area contributed by atoms with Crippen molar-refractivity contribution < 1.29 is 45.1 Å². The van der Waals surface area contributed by atoms with Crippen LogP contribution in [-0.4, -0.2) is 55.6 Å². The lowest BCUT2D eigenvalue weighted by molar-refractivity contribution is -0.270. The Kier molecular flexibility index (Phi) is 5.46.